The van der Waals surface area contributed by atoms with Gasteiger partial charge in [0.1, 0.15) is 6.54 Å². The van der Waals surface area contributed by atoms with Gasteiger partial charge in [0, 0.05) is 11.1 Å². The van der Waals surface area contributed by atoms with Crippen LogP contribution in [0.15, 0.2) is 17.4 Å². The van der Waals surface area contributed by atoms with E-state index < -0.39 is 0 Å². The van der Waals surface area contributed by atoms with Crippen molar-refractivity contribution in [2.24, 2.45) is 5.11 Å². The largest absolute Gasteiger partial charge is 0.303 e. The van der Waals surface area contributed by atoms with Gasteiger partial charge in [0.05, 0.1) is 6.54 Å². The van der Waals surface area contributed by atoms with Crippen molar-refractivity contribution in [3.8, 4) is 0 Å². The zero-order valence-electron chi connectivity index (χ0n) is 5.77. The highest BCUT2D eigenvalue weighted by molar-refractivity contribution is 5.78. The topological polar surface area (TPSA) is 81.1 Å². The van der Waals surface area contributed by atoms with Crippen molar-refractivity contribution in [1.82, 2.24) is 10.4 Å². The molecule has 0 aromatic rings. The summed E-state index contributed by atoms with van der Waals surface area (Å²) < 4.78 is 0. The van der Waals surface area contributed by atoms with Crippen LogP contribution in [0.1, 0.15) is 0 Å². The van der Waals surface area contributed by atoms with Crippen LogP contribution in [0.4, 0.5) is 0 Å². The Bertz CT molecular complexity index is 221. The smallest absolute Gasteiger partial charge is 0.247 e. The van der Waals surface area contributed by atoms with Crippen LogP contribution in [0.5, 0.6) is 0 Å². The molecule has 0 aliphatic carbocycles. The Labute approximate surface area is 63.1 Å². The summed E-state index contributed by atoms with van der Waals surface area (Å²) in [6.45, 7) is 0.394. The lowest BCUT2D eigenvalue weighted by molar-refractivity contribution is -0.130. The quantitative estimate of drug-likeness (QED) is 0.348. The van der Waals surface area contributed by atoms with E-state index >= 15 is 0 Å². The van der Waals surface area contributed by atoms with Gasteiger partial charge in [-0.25, -0.2) is 0 Å². The summed E-state index contributed by atoms with van der Waals surface area (Å²) in [7, 11) is 0. The molecule has 0 fully saturated rings. The Hall–Kier alpha value is -1.68. The first kappa shape index (κ1) is 7.43. The second kappa shape index (κ2) is 3.48. The van der Waals surface area contributed by atoms with Gasteiger partial charge in [-0.15, -0.1) is 0 Å². The van der Waals surface area contributed by atoms with Crippen LogP contribution >= 0.6 is 0 Å². The Morgan fingerprint density at radius 3 is 3.27 bits per heavy atom. The first-order valence-corrected chi connectivity index (χ1v) is 3.07. The third kappa shape index (κ3) is 1.87. The molecule has 0 bridgehead atoms. The fourth-order valence-electron chi connectivity index (χ4n) is 0.705. The van der Waals surface area contributed by atoms with Gasteiger partial charge in [0.25, 0.3) is 0 Å². The van der Waals surface area contributed by atoms with Crippen molar-refractivity contribution >= 4 is 5.91 Å². The summed E-state index contributed by atoms with van der Waals surface area (Å²) in [4.78, 5) is 13.4. The Morgan fingerprint density at radius 1 is 1.91 bits per heavy atom. The van der Waals surface area contributed by atoms with Gasteiger partial charge >= 0.3 is 0 Å². The zero-order valence-corrected chi connectivity index (χ0v) is 5.77. The standard InChI is InChI=1S/C5H7N5O/c6-9-7-4-5(11)10-3-1-2-8-10/h1-2,8H,3-4H2. The van der Waals surface area contributed by atoms with Crippen LogP contribution in [-0.4, -0.2) is 24.0 Å². The molecule has 1 aliphatic heterocycles. The van der Waals surface area contributed by atoms with Crippen LogP contribution in [0, 0.1) is 0 Å². The lowest BCUT2D eigenvalue weighted by Crippen LogP contribution is -2.37. The number of azide groups is 1. The normalized spacial score (nSPS) is 14.0. The summed E-state index contributed by atoms with van der Waals surface area (Å²) in [6, 6.07) is 0. The van der Waals surface area contributed by atoms with E-state index in [1.807, 2.05) is 0 Å². The molecule has 1 heterocycles. The second-order valence-electron chi connectivity index (χ2n) is 1.92. The van der Waals surface area contributed by atoms with Crippen molar-refractivity contribution < 1.29 is 4.79 Å². The van der Waals surface area contributed by atoms with E-state index in [0.717, 1.165) is 0 Å². The minimum absolute atomic E-state index is 0.134. The number of nitrogens with zero attached hydrogens (tertiary/aromatic N) is 4. The Balaban J connectivity index is 2.35. The van der Waals surface area contributed by atoms with Crippen molar-refractivity contribution in [3.05, 3.63) is 22.7 Å². The van der Waals surface area contributed by atoms with Crippen LogP contribution in [0.3, 0.4) is 0 Å². The van der Waals surface area contributed by atoms with E-state index in [1.54, 1.807) is 12.3 Å². The monoisotopic (exact) mass is 153 g/mol. The maximum Gasteiger partial charge on any atom is 0.247 e. The van der Waals surface area contributed by atoms with Gasteiger partial charge in [-0.3, -0.25) is 9.80 Å². The lowest BCUT2D eigenvalue weighted by atomic mass is 10.5. The predicted octanol–water partition coefficient (Wildman–Crippen LogP) is 0.157. The number of hydrazine groups is 1. The van der Waals surface area contributed by atoms with E-state index in [4.69, 9.17) is 5.53 Å². The van der Waals surface area contributed by atoms with Crippen LogP contribution in [-0.2, 0) is 4.79 Å². The van der Waals surface area contributed by atoms with E-state index in [-0.39, 0.29) is 12.5 Å². The first-order chi connectivity index (χ1) is 5.34. The fraction of sp³-hybridized carbons (Fsp3) is 0.400. The molecule has 11 heavy (non-hydrogen) atoms. The molecule has 0 saturated carbocycles. The van der Waals surface area contributed by atoms with Crippen molar-refractivity contribution in [2.75, 3.05) is 13.1 Å². The average Bonchev–Trinajstić information content (AvgIpc) is 2.52. The number of hydrogen-bond donors (Lipinski definition) is 1. The molecule has 6 heteroatoms. The van der Waals surface area contributed by atoms with Gasteiger partial charge in [0.15, 0.2) is 0 Å². The van der Waals surface area contributed by atoms with Gasteiger partial charge in [-0.2, -0.15) is 0 Å². The molecule has 0 saturated heterocycles. The molecule has 6 nitrogen and oxygen atoms in total. The molecular formula is C5H7N5O. The fourth-order valence-corrected chi connectivity index (χ4v) is 0.705. The van der Waals surface area contributed by atoms with Gasteiger partial charge in [0.2, 0.25) is 5.91 Å². The molecule has 0 atom stereocenters. The third-order valence-corrected chi connectivity index (χ3v) is 1.21. The van der Waals surface area contributed by atoms with Gasteiger partial charge in [-0.05, 0) is 11.6 Å². The molecular weight excluding hydrogens is 146 g/mol. The van der Waals surface area contributed by atoms with Gasteiger partial charge in [-0.1, -0.05) is 5.11 Å². The third-order valence-electron chi connectivity index (χ3n) is 1.21. The van der Waals surface area contributed by atoms with Crippen LogP contribution in [0.2, 0.25) is 0 Å². The van der Waals surface area contributed by atoms with Gasteiger partial charge < -0.3 is 5.43 Å². The summed E-state index contributed by atoms with van der Waals surface area (Å²) in [5, 5.41) is 4.51. The maximum absolute atomic E-state index is 11.0. The molecule has 0 spiro atoms. The number of hydrogen-bond acceptors (Lipinski definition) is 3. The zero-order chi connectivity index (χ0) is 8.10. The van der Waals surface area contributed by atoms with E-state index in [0.29, 0.717) is 6.54 Å². The van der Waals surface area contributed by atoms with E-state index in [2.05, 4.69) is 15.5 Å². The van der Waals surface area contributed by atoms with Crippen molar-refractivity contribution in [1.29, 1.82) is 0 Å². The number of amides is 1. The average molecular weight is 153 g/mol. The van der Waals surface area contributed by atoms with Crippen molar-refractivity contribution in [3.63, 3.8) is 0 Å². The summed E-state index contributed by atoms with van der Waals surface area (Å²) in [5.41, 5.74) is 10.6. The highest BCUT2D eigenvalue weighted by Crippen LogP contribution is 1.93. The minimum atomic E-state index is -0.229. The summed E-state index contributed by atoms with van der Waals surface area (Å²) in [5.74, 6) is -0.229. The van der Waals surface area contributed by atoms with E-state index in [9.17, 15) is 4.79 Å². The maximum atomic E-state index is 11.0. The highest BCUT2D eigenvalue weighted by Gasteiger charge is 2.11. The number of carbonyl (C=O) groups excluding carboxylic acids is 1. The predicted molar refractivity (Wildman–Crippen MR) is 38.0 cm³/mol. The SMILES string of the molecule is [N-]=[N+]=NCC(=O)N1CC=CN1. The molecule has 1 amide bonds. The lowest BCUT2D eigenvalue weighted by Gasteiger charge is -2.13. The van der Waals surface area contributed by atoms with Crippen LogP contribution < -0.4 is 5.43 Å². The Morgan fingerprint density at radius 2 is 2.73 bits per heavy atom. The molecule has 58 valence electrons. The number of nitrogens with one attached hydrogen (secondary N) is 1. The highest BCUT2D eigenvalue weighted by atomic mass is 16.2. The first-order valence-electron chi connectivity index (χ1n) is 3.07. The second-order valence-corrected chi connectivity index (χ2v) is 1.92. The van der Waals surface area contributed by atoms with Crippen LogP contribution in [0.25, 0.3) is 10.4 Å². The number of carbonyl (C=O) groups is 1. The minimum Gasteiger partial charge on any atom is -0.303 e. The molecule has 0 aromatic heterocycles. The molecule has 0 aromatic carbocycles. The molecule has 1 N–H and O–H groups in total. The van der Waals surface area contributed by atoms with E-state index in [1.165, 1.54) is 5.01 Å². The Kier molecular flexibility index (Phi) is 2.35. The summed E-state index contributed by atoms with van der Waals surface area (Å²) >= 11 is 0. The molecule has 0 radical (unpaired) electrons. The molecule has 1 aliphatic rings. The molecule has 1 rings (SSSR count). The molecule has 0 unspecified atom stereocenters. The van der Waals surface area contributed by atoms with Crippen molar-refractivity contribution in [2.45, 2.75) is 0 Å². The summed E-state index contributed by atoms with van der Waals surface area (Å²) in [6.07, 6.45) is 3.46. The number of rotatable bonds is 2.